The Morgan fingerprint density at radius 1 is 0.438 bits per heavy atom. The number of likely N-dealkylation sites (N-methyl/N-ethyl adjacent to an activating group) is 1. The van der Waals surface area contributed by atoms with Crippen LogP contribution in [0.4, 0.5) is 0 Å². The normalized spacial score (nSPS) is 14.3. The molecule has 0 bridgehead atoms. The summed E-state index contributed by atoms with van der Waals surface area (Å²) in [6, 6.07) is -0.875. The first-order chi connectivity index (χ1) is 38.9. The summed E-state index contributed by atoms with van der Waals surface area (Å²) in [7, 11) is 1.46. The van der Waals surface area contributed by atoms with Crippen LogP contribution in [-0.2, 0) is 27.9 Å². The first-order valence-corrected chi connectivity index (χ1v) is 34.2. The quantitative estimate of drug-likeness (QED) is 0.0205. The van der Waals surface area contributed by atoms with E-state index in [2.05, 4.69) is 123 Å². The van der Waals surface area contributed by atoms with Gasteiger partial charge < -0.3 is 19.4 Å². The molecule has 0 aliphatic carbocycles. The highest BCUT2D eigenvalue weighted by Gasteiger charge is 2.30. The molecule has 0 radical (unpaired) electrons. The Kier molecular flexibility index (Phi) is 56.4. The van der Waals surface area contributed by atoms with E-state index in [1.54, 1.807) is 0 Å². The zero-order valence-corrected chi connectivity index (χ0v) is 53.4. The molecule has 3 atom stereocenters. The number of nitrogens with zero attached hydrogens (tertiary/aromatic N) is 1. The van der Waals surface area contributed by atoms with Crippen molar-refractivity contribution in [3.8, 4) is 0 Å². The van der Waals surface area contributed by atoms with Gasteiger partial charge >= 0.3 is 13.8 Å². The Morgan fingerprint density at radius 2 is 0.762 bits per heavy atom. The van der Waals surface area contributed by atoms with Gasteiger partial charge in [-0.05, 0) is 122 Å². The smallest absolute Gasteiger partial charge is 0.456 e. The van der Waals surface area contributed by atoms with E-state index < -0.39 is 20.0 Å². The largest absolute Gasteiger partial charge is 0.472 e. The Balaban J connectivity index is 5.28. The molecule has 80 heavy (non-hydrogen) atoms. The van der Waals surface area contributed by atoms with Crippen LogP contribution >= 0.6 is 7.82 Å². The van der Waals surface area contributed by atoms with E-state index in [-0.39, 0.29) is 31.5 Å². The van der Waals surface area contributed by atoms with Crippen LogP contribution < -0.4 is 5.32 Å². The molecule has 0 aromatic heterocycles. The minimum absolute atomic E-state index is 0.0271. The van der Waals surface area contributed by atoms with Crippen molar-refractivity contribution in [1.29, 1.82) is 0 Å². The van der Waals surface area contributed by atoms with E-state index in [1.807, 2.05) is 33.3 Å². The lowest BCUT2D eigenvalue weighted by atomic mass is 10.0. The molecule has 0 aliphatic heterocycles. The van der Waals surface area contributed by atoms with Crippen molar-refractivity contribution in [1.82, 2.24) is 5.32 Å². The van der Waals surface area contributed by atoms with Crippen molar-refractivity contribution in [3.05, 3.63) is 109 Å². The number of rotatable bonds is 58. The Labute approximate surface area is 493 Å². The second-order valence-corrected chi connectivity index (χ2v) is 24.4. The zero-order valence-electron chi connectivity index (χ0n) is 52.5. The summed E-state index contributed by atoms with van der Waals surface area (Å²) in [6.45, 7) is 6.92. The summed E-state index contributed by atoms with van der Waals surface area (Å²) in [5.41, 5.74) is 0. The molecule has 0 aliphatic rings. The number of hydrogen-bond acceptors (Lipinski definition) is 6. The number of amides is 1. The van der Waals surface area contributed by atoms with Gasteiger partial charge in [-0.3, -0.25) is 18.6 Å². The van der Waals surface area contributed by atoms with Crippen LogP contribution in [0.25, 0.3) is 0 Å². The fourth-order valence-corrected chi connectivity index (χ4v) is 9.58. The highest BCUT2D eigenvalue weighted by atomic mass is 31.2. The summed E-state index contributed by atoms with van der Waals surface area (Å²) in [4.78, 5) is 37.8. The summed E-state index contributed by atoms with van der Waals surface area (Å²) in [6.07, 6.45) is 80.8. The maximum absolute atomic E-state index is 13.6. The molecule has 460 valence electrons. The van der Waals surface area contributed by atoms with Crippen LogP contribution in [0.15, 0.2) is 109 Å². The van der Waals surface area contributed by atoms with Crippen molar-refractivity contribution >= 4 is 19.7 Å². The van der Waals surface area contributed by atoms with E-state index in [4.69, 9.17) is 13.8 Å². The molecule has 0 heterocycles. The first-order valence-electron chi connectivity index (χ1n) is 32.7. The summed E-state index contributed by atoms with van der Waals surface area (Å²) >= 11 is 0. The standard InChI is InChI=1S/C70H123N2O7P/c1-7-10-13-16-19-22-25-28-30-32-34-35-36-37-39-40-42-44-47-50-53-56-59-62-69(73)71-67(66-78-80(75,76)77-65-64-72(4,5)6)68(61-58-55-52-49-46-27-24-21-18-15-12-9-3)79-70(74)63-60-57-54-51-48-45-43-41-38-33-31-29-26-23-20-17-14-11-8-2/h19-20,22-23,28-31,34-35,37-39,41,45,48,58,61,67-68H,7-18,21,24-27,32-33,36,40,42-44,46-47,49-57,59-60,62-66H2,1-6H3,(H-,71,73,75,76)/p+1/b22-19-,23-20-,30-28-,31-29-,35-34-,39-37-,41-38-,48-45-,61-58-. The number of esters is 1. The average molecular weight is 1140 g/mol. The predicted molar refractivity (Wildman–Crippen MR) is 346 cm³/mol. The van der Waals surface area contributed by atoms with Crippen LogP contribution in [0.2, 0.25) is 0 Å². The second kappa shape index (κ2) is 58.9. The molecule has 2 N–H and O–H groups in total. The molecule has 0 saturated carbocycles. The molecule has 0 rings (SSSR count). The maximum Gasteiger partial charge on any atom is 0.472 e. The van der Waals surface area contributed by atoms with Crippen molar-refractivity contribution in [2.24, 2.45) is 0 Å². The summed E-state index contributed by atoms with van der Waals surface area (Å²) < 4.78 is 30.7. The predicted octanol–water partition coefficient (Wildman–Crippen LogP) is 20.5. The topological polar surface area (TPSA) is 111 Å². The zero-order chi connectivity index (χ0) is 58.6. The van der Waals surface area contributed by atoms with Gasteiger partial charge in [0.2, 0.25) is 5.91 Å². The van der Waals surface area contributed by atoms with Gasteiger partial charge in [0.05, 0.1) is 33.8 Å². The Morgan fingerprint density at radius 3 is 1.18 bits per heavy atom. The summed E-state index contributed by atoms with van der Waals surface area (Å²) in [5, 5.41) is 3.05. The van der Waals surface area contributed by atoms with Gasteiger partial charge in [-0.15, -0.1) is 0 Å². The first kappa shape index (κ1) is 76.7. The molecular formula is C70H124N2O7P+. The van der Waals surface area contributed by atoms with Crippen molar-refractivity contribution in [2.45, 2.75) is 283 Å². The Bertz CT molecular complexity index is 1740. The average Bonchev–Trinajstić information content (AvgIpc) is 3.42. The lowest BCUT2D eigenvalue weighted by Gasteiger charge is -2.27. The van der Waals surface area contributed by atoms with Crippen molar-refractivity contribution < 1.29 is 37.3 Å². The fourth-order valence-electron chi connectivity index (χ4n) is 8.85. The van der Waals surface area contributed by atoms with Gasteiger partial charge in [-0.1, -0.05) is 246 Å². The molecule has 3 unspecified atom stereocenters. The van der Waals surface area contributed by atoms with Gasteiger partial charge in [0.1, 0.15) is 19.3 Å². The molecule has 0 fully saturated rings. The minimum atomic E-state index is -4.47. The lowest BCUT2D eigenvalue weighted by Crippen LogP contribution is -2.47. The van der Waals surface area contributed by atoms with E-state index in [1.165, 1.54) is 122 Å². The van der Waals surface area contributed by atoms with Crippen LogP contribution in [0.5, 0.6) is 0 Å². The molecule has 9 nitrogen and oxygen atoms in total. The molecule has 0 saturated heterocycles. The number of phosphoric ester groups is 1. The van der Waals surface area contributed by atoms with E-state index >= 15 is 0 Å². The van der Waals surface area contributed by atoms with E-state index in [0.717, 1.165) is 109 Å². The van der Waals surface area contributed by atoms with Gasteiger partial charge in [-0.25, -0.2) is 4.57 Å². The van der Waals surface area contributed by atoms with Crippen molar-refractivity contribution in [3.63, 3.8) is 0 Å². The van der Waals surface area contributed by atoms with Gasteiger partial charge in [0, 0.05) is 12.8 Å². The van der Waals surface area contributed by atoms with Gasteiger partial charge in [0.15, 0.2) is 0 Å². The minimum Gasteiger partial charge on any atom is -0.456 e. The van der Waals surface area contributed by atoms with E-state index in [0.29, 0.717) is 23.9 Å². The number of phosphoric acid groups is 1. The van der Waals surface area contributed by atoms with Gasteiger partial charge in [-0.2, -0.15) is 0 Å². The number of nitrogens with one attached hydrogen (secondary N) is 1. The summed E-state index contributed by atoms with van der Waals surface area (Å²) in [5.74, 6) is -0.557. The van der Waals surface area contributed by atoms with E-state index in [9.17, 15) is 19.0 Å². The number of unbranched alkanes of at least 4 members (excludes halogenated alkanes) is 26. The van der Waals surface area contributed by atoms with Crippen LogP contribution in [0.1, 0.15) is 271 Å². The second-order valence-electron chi connectivity index (χ2n) is 22.9. The van der Waals surface area contributed by atoms with Crippen molar-refractivity contribution in [2.75, 3.05) is 40.9 Å². The molecule has 0 spiro atoms. The third kappa shape index (κ3) is 59.3. The molecule has 10 heteroatoms. The molecular weight excluding hydrogens is 1010 g/mol. The number of quaternary nitrogens is 1. The lowest BCUT2D eigenvalue weighted by molar-refractivity contribution is -0.870. The number of carbonyl (C=O) groups is 2. The third-order valence-corrected chi connectivity index (χ3v) is 14.9. The Hall–Kier alpha value is -3.33. The van der Waals surface area contributed by atoms with Crippen LogP contribution in [0.3, 0.4) is 0 Å². The maximum atomic E-state index is 13.6. The highest BCUT2D eigenvalue weighted by Crippen LogP contribution is 2.43. The number of carbonyl (C=O) groups excluding carboxylic acids is 2. The molecule has 1 amide bonds. The van der Waals surface area contributed by atoms with Crippen LogP contribution in [-0.4, -0.2) is 74.3 Å². The number of ether oxygens (including phenoxy) is 1. The molecule has 0 aromatic carbocycles. The van der Waals surface area contributed by atoms with Crippen LogP contribution in [0, 0.1) is 0 Å². The third-order valence-electron chi connectivity index (χ3n) is 13.9. The molecule has 0 aromatic rings. The van der Waals surface area contributed by atoms with Gasteiger partial charge in [0.25, 0.3) is 0 Å². The highest BCUT2D eigenvalue weighted by molar-refractivity contribution is 7.47. The monoisotopic (exact) mass is 1140 g/mol. The SMILES string of the molecule is CCCCC/C=C\C/C=C\C/C=C\C/C=C\CCCCCCCCCC(=O)NC(COP(=O)(O)OCC[N+](C)(C)C)C(/C=C\CCCCCCCCCCCC)OC(=O)CCCCC/C=C\C/C=C\C/C=C\C/C=C\CCCCC. The fraction of sp³-hybridized carbons (Fsp3) is 0.714. The number of hydrogen-bond donors (Lipinski definition) is 2. The number of allylic oxidation sites excluding steroid dienone is 17.